The highest BCUT2D eigenvalue weighted by Crippen LogP contribution is 2.41. The van der Waals surface area contributed by atoms with Gasteiger partial charge in [-0.15, -0.1) is 0 Å². The summed E-state index contributed by atoms with van der Waals surface area (Å²) in [5, 5.41) is 8.24. The summed E-state index contributed by atoms with van der Waals surface area (Å²) in [6.07, 6.45) is 1.82. The minimum absolute atomic E-state index is 0.841. The van der Waals surface area contributed by atoms with Crippen molar-refractivity contribution >= 4 is 71.4 Å². The van der Waals surface area contributed by atoms with E-state index in [0.717, 1.165) is 55.5 Å². The van der Waals surface area contributed by atoms with E-state index in [-0.39, 0.29) is 0 Å². The molecule has 0 atom stereocenters. The number of aromatic nitrogens is 1. The van der Waals surface area contributed by atoms with E-state index in [1.165, 1.54) is 38.2 Å². The van der Waals surface area contributed by atoms with E-state index in [9.17, 15) is 0 Å². The van der Waals surface area contributed by atoms with Gasteiger partial charge >= 0.3 is 0 Å². The number of anilines is 3. The second-order valence-corrected chi connectivity index (χ2v) is 12.9. The van der Waals surface area contributed by atoms with Gasteiger partial charge in [0, 0.05) is 51.6 Å². The quantitative estimate of drug-likeness (QED) is 0.188. The third-order valence-corrected chi connectivity index (χ3v) is 9.83. The molecule has 10 rings (SSSR count). The Bertz CT molecular complexity index is 2890. The molecule has 0 saturated heterocycles. The standard InChI is InChI=1S/C47H30N2O/c1-3-9-34-25-37(16-14-31(34)7-1)33-18-20-40(21-19-33)49(41-13-5-11-36(27-41)38-17-15-32-8-2-4-10-35(32)26-38)42-22-23-43-44-28-39-12-6-24-48-45(39)30-47(44)50-46(43)29-42/h1-30H. The van der Waals surface area contributed by atoms with Gasteiger partial charge in [-0.1, -0.05) is 103 Å². The highest BCUT2D eigenvalue weighted by molar-refractivity contribution is 6.10. The molecule has 234 valence electrons. The number of hydrogen-bond donors (Lipinski definition) is 0. The van der Waals surface area contributed by atoms with Crippen LogP contribution in [0.15, 0.2) is 187 Å². The highest BCUT2D eigenvalue weighted by Gasteiger charge is 2.17. The molecule has 0 amide bonds. The van der Waals surface area contributed by atoms with Gasteiger partial charge in [-0.2, -0.15) is 0 Å². The van der Waals surface area contributed by atoms with Crippen LogP contribution in [0.25, 0.3) is 76.6 Å². The summed E-state index contributed by atoms with van der Waals surface area (Å²) < 4.78 is 6.50. The molecule has 50 heavy (non-hydrogen) atoms. The lowest BCUT2D eigenvalue weighted by Gasteiger charge is -2.26. The molecule has 0 radical (unpaired) electrons. The van der Waals surface area contributed by atoms with E-state index in [1.807, 2.05) is 18.3 Å². The lowest BCUT2D eigenvalue weighted by Crippen LogP contribution is -2.10. The van der Waals surface area contributed by atoms with Crippen molar-refractivity contribution in [1.29, 1.82) is 0 Å². The first-order valence-electron chi connectivity index (χ1n) is 16.9. The molecule has 0 N–H and O–H groups in total. The Kier molecular flexibility index (Phi) is 6.49. The van der Waals surface area contributed by atoms with Crippen molar-refractivity contribution in [3.63, 3.8) is 0 Å². The zero-order chi connectivity index (χ0) is 33.0. The minimum atomic E-state index is 0.841. The molecule has 0 saturated carbocycles. The Balaban J connectivity index is 1.11. The number of rotatable bonds is 5. The largest absolute Gasteiger partial charge is 0.456 e. The van der Waals surface area contributed by atoms with Crippen LogP contribution in [0, 0.1) is 0 Å². The predicted molar refractivity (Wildman–Crippen MR) is 210 cm³/mol. The SMILES string of the molecule is c1cc(-c2ccc3ccccc3c2)cc(N(c2ccc(-c3ccc4ccccc4c3)cc2)c2ccc3c(c2)oc2cc4ncccc4cc23)c1. The second kappa shape index (κ2) is 11.5. The van der Waals surface area contributed by atoms with Crippen LogP contribution < -0.4 is 4.90 Å². The fourth-order valence-electron chi connectivity index (χ4n) is 7.28. The molecular formula is C47H30N2O. The summed E-state index contributed by atoms with van der Waals surface area (Å²) in [5.74, 6) is 0. The number of benzene rings is 8. The van der Waals surface area contributed by atoms with Crippen molar-refractivity contribution in [3.05, 3.63) is 182 Å². The first-order valence-corrected chi connectivity index (χ1v) is 16.9. The lowest BCUT2D eigenvalue weighted by molar-refractivity contribution is 0.669. The van der Waals surface area contributed by atoms with Crippen molar-refractivity contribution in [1.82, 2.24) is 4.98 Å². The average molecular weight is 639 g/mol. The Morgan fingerprint density at radius 3 is 1.72 bits per heavy atom. The van der Waals surface area contributed by atoms with Gasteiger partial charge in [0.1, 0.15) is 11.2 Å². The van der Waals surface area contributed by atoms with E-state index in [2.05, 4.69) is 174 Å². The maximum atomic E-state index is 6.50. The Morgan fingerprint density at radius 1 is 0.360 bits per heavy atom. The van der Waals surface area contributed by atoms with E-state index in [0.29, 0.717) is 0 Å². The molecular weight excluding hydrogens is 609 g/mol. The fraction of sp³-hybridized carbons (Fsp3) is 0. The molecule has 2 heterocycles. The van der Waals surface area contributed by atoms with Gasteiger partial charge in [-0.25, -0.2) is 0 Å². The molecule has 0 aliphatic rings. The van der Waals surface area contributed by atoms with E-state index >= 15 is 0 Å². The van der Waals surface area contributed by atoms with E-state index < -0.39 is 0 Å². The molecule has 2 aromatic heterocycles. The van der Waals surface area contributed by atoms with Crippen molar-refractivity contribution < 1.29 is 4.42 Å². The summed E-state index contributed by atoms with van der Waals surface area (Å²) in [6.45, 7) is 0. The van der Waals surface area contributed by atoms with Crippen LogP contribution in [0.2, 0.25) is 0 Å². The number of nitrogens with zero attached hydrogens (tertiary/aromatic N) is 2. The van der Waals surface area contributed by atoms with Gasteiger partial charge in [0.25, 0.3) is 0 Å². The molecule has 0 bridgehead atoms. The molecule has 3 heteroatoms. The molecule has 0 fully saturated rings. The van der Waals surface area contributed by atoms with E-state index in [4.69, 9.17) is 4.42 Å². The summed E-state index contributed by atoms with van der Waals surface area (Å²) in [7, 11) is 0. The Morgan fingerprint density at radius 2 is 0.960 bits per heavy atom. The first kappa shape index (κ1) is 28.3. The van der Waals surface area contributed by atoms with Crippen LogP contribution in [0.3, 0.4) is 0 Å². The predicted octanol–water partition coefficient (Wildman–Crippen LogP) is 13.2. The molecule has 0 aliphatic heterocycles. The molecule has 3 nitrogen and oxygen atoms in total. The van der Waals surface area contributed by atoms with Crippen molar-refractivity contribution in [3.8, 4) is 22.3 Å². The maximum Gasteiger partial charge on any atom is 0.137 e. The number of furan rings is 1. The molecule has 8 aromatic carbocycles. The van der Waals surface area contributed by atoms with Gasteiger partial charge in [0.05, 0.1) is 5.52 Å². The summed E-state index contributed by atoms with van der Waals surface area (Å²) in [5.41, 5.74) is 10.5. The first-order chi connectivity index (χ1) is 24.7. The number of fused-ring (bicyclic) bond motifs is 6. The smallest absolute Gasteiger partial charge is 0.137 e. The van der Waals surface area contributed by atoms with Crippen LogP contribution in [0.5, 0.6) is 0 Å². The normalized spacial score (nSPS) is 11.6. The molecule has 0 aliphatic carbocycles. The minimum Gasteiger partial charge on any atom is -0.456 e. The van der Waals surface area contributed by atoms with Crippen LogP contribution in [0.4, 0.5) is 17.1 Å². The van der Waals surface area contributed by atoms with Crippen LogP contribution in [-0.4, -0.2) is 4.98 Å². The second-order valence-electron chi connectivity index (χ2n) is 12.9. The highest BCUT2D eigenvalue weighted by atomic mass is 16.3. The van der Waals surface area contributed by atoms with E-state index in [1.54, 1.807) is 0 Å². The van der Waals surface area contributed by atoms with Crippen LogP contribution in [-0.2, 0) is 0 Å². The third-order valence-electron chi connectivity index (χ3n) is 9.83. The molecule has 10 aromatic rings. The fourth-order valence-corrected chi connectivity index (χ4v) is 7.28. The summed E-state index contributed by atoms with van der Waals surface area (Å²) in [4.78, 5) is 6.87. The van der Waals surface area contributed by atoms with Crippen molar-refractivity contribution in [2.45, 2.75) is 0 Å². The zero-order valence-corrected chi connectivity index (χ0v) is 27.1. The number of pyridine rings is 1. The molecule has 0 unspecified atom stereocenters. The summed E-state index contributed by atoms with van der Waals surface area (Å²) in [6, 6.07) is 62.9. The monoisotopic (exact) mass is 638 g/mol. The average Bonchev–Trinajstić information content (AvgIpc) is 3.53. The zero-order valence-electron chi connectivity index (χ0n) is 27.1. The van der Waals surface area contributed by atoms with Gasteiger partial charge in [0.2, 0.25) is 0 Å². The van der Waals surface area contributed by atoms with Gasteiger partial charge in [-0.05, 0) is 104 Å². The van der Waals surface area contributed by atoms with Gasteiger partial charge < -0.3 is 9.32 Å². The van der Waals surface area contributed by atoms with Crippen molar-refractivity contribution in [2.24, 2.45) is 0 Å². The Labute approximate surface area is 289 Å². The van der Waals surface area contributed by atoms with Crippen LogP contribution in [0.1, 0.15) is 0 Å². The van der Waals surface area contributed by atoms with Crippen molar-refractivity contribution in [2.75, 3.05) is 4.90 Å². The Hall–Kier alpha value is -6.71. The summed E-state index contributed by atoms with van der Waals surface area (Å²) >= 11 is 0. The van der Waals surface area contributed by atoms with Gasteiger partial charge in [0.15, 0.2) is 0 Å². The maximum absolute atomic E-state index is 6.50. The lowest BCUT2D eigenvalue weighted by atomic mass is 9.99. The molecule has 0 spiro atoms. The van der Waals surface area contributed by atoms with Crippen LogP contribution >= 0.6 is 0 Å². The topological polar surface area (TPSA) is 29.3 Å². The van der Waals surface area contributed by atoms with Gasteiger partial charge in [-0.3, -0.25) is 4.98 Å². The third kappa shape index (κ3) is 4.87. The number of hydrogen-bond acceptors (Lipinski definition) is 3.